The van der Waals surface area contributed by atoms with E-state index in [0.29, 0.717) is 11.6 Å². The molecule has 0 unspecified atom stereocenters. The van der Waals surface area contributed by atoms with Crippen LogP contribution in [0.25, 0.3) is 0 Å². The van der Waals surface area contributed by atoms with Gasteiger partial charge in [0.05, 0.1) is 17.7 Å². The van der Waals surface area contributed by atoms with Crippen molar-refractivity contribution in [2.45, 2.75) is 13.3 Å². The van der Waals surface area contributed by atoms with E-state index in [-0.39, 0.29) is 12.6 Å². The van der Waals surface area contributed by atoms with Crippen LogP contribution in [0.3, 0.4) is 0 Å². The number of urea groups is 1. The first-order valence-corrected chi connectivity index (χ1v) is 7.19. The number of rotatable bonds is 3. The van der Waals surface area contributed by atoms with Crippen molar-refractivity contribution >= 4 is 28.2 Å². The van der Waals surface area contributed by atoms with Crippen LogP contribution in [0.4, 0.5) is 15.6 Å². The highest BCUT2D eigenvalue weighted by molar-refractivity contribution is 7.16. The average molecular weight is 301 g/mol. The second kappa shape index (κ2) is 7.43. The molecule has 1 heterocycles. The molecular weight excluding hydrogens is 286 g/mol. The standard InChI is InChI=1S/C15H15N3O2S/c1-11-5-4-6-12(9-11)17-14(20)18-15-16-10-13(21-15)7-2-3-8-19/h4-6,9-10,19H,3,8H2,1H3,(H2,16,17,18,20). The molecule has 108 valence electrons. The minimum atomic E-state index is -0.343. The Balaban J connectivity index is 1.93. The number of hydrogen-bond acceptors (Lipinski definition) is 4. The third-order valence-electron chi connectivity index (χ3n) is 2.45. The number of amides is 2. The lowest BCUT2D eigenvalue weighted by molar-refractivity contribution is 0.262. The molecule has 0 bridgehead atoms. The number of benzene rings is 1. The summed E-state index contributed by atoms with van der Waals surface area (Å²) in [6.45, 7) is 2.00. The number of carbonyl (C=O) groups excluding carboxylic acids is 1. The Bertz CT molecular complexity index is 685. The van der Waals surface area contributed by atoms with E-state index in [4.69, 9.17) is 5.11 Å². The van der Waals surface area contributed by atoms with Gasteiger partial charge in [-0.05, 0) is 24.6 Å². The van der Waals surface area contributed by atoms with Gasteiger partial charge in [-0.2, -0.15) is 0 Å². The third-order valence-corrected chi connectivity index (χ3v) is 3.28. The first kappa shape index (κ1) is 15.0. The number of thiazole rings is 1. The van der Waals surface area contributed by atoms with Gasteiger partial charge in [-0.15, -0.1) is 0 Å². The highest BCUT2D eigenvalue weighted by Gasteiger charge is 2.06. The van der Waals surface area contributed by atoms with Crippen molar-refractivity contribution in [3.63, 3.8) is 0 Å². The van der Waals surface area contributed by atoms with Crippen LogP contribution in [-0.2, 0) is 0 Å². The maximum Gasteiger partial charge on any atom is 0.325 e. The summed E-state index contributed by atoms with van der Waals surface area (Å²) in [6.07, 6.45) is 2.02. The predicted octanol–water partition coefficient (Wildman–Crippen LogP) is 2.83. The van der Waals surface area contributed by atoms with Gasteiger partial charge in [0.15, 0.2) is 5.13 Å². The number of carbonyl (C=O) groups is 1. The number of aliphatic hydroxyl groups is 1. The lowest BCUT2D eigenvalue weighted by Crippen LogP contribution is -2.19. The van der Waals surface area contributed by atoms with Gasteiger partial charge in [-0.3, -0.25) is 5.32 Å². The highest BCUT2D eigenvalue weighted by Crippen LogP contribution is 2.17. The van der Waals surface area contributed by atoms with Crippen LogP contribution >= 0.6 is 11.3 Å². The Morgan fingerprint density at radius 1 is 1.43 bits per heavy atom. The van der Waals surface area contributed by atoms with Gasteiger partial charge in [0.1, 0.15) is 0 Å². The smallest absolute Gasteiger partial charge is 0.325 e. The SMILES string of the molecule is Cc1cccc(NC(=O)Nc2ncc(C#CCCO)s2)c1. The van der Waals surface area contributed by atoms with E-state index >= 15 is 0 Å². The zero-order valence-corrected chi connectivity index (χ0v) is 12.3. The Labute approximate surface area is 127 Å². The maximum absolute atomic E-state index is 11.8. The zero-order chi connectivity index (χ0) is 15.1. The summed E-state index contributed by atoms with van der Waals surface area (Å²) < 4.78 is 0. The molecule has 0 saturated carbocycles. The molecule has 0 atom stereocenters. The molecule has 0 fully saturated rings. The van der Waals surface area contributed by atoms with Gasteiger partial charge in [-0.1, -0.05) is 35.3 Å². The molecule has 3 N–H and O–H groups in total. The maximum atomic E-state index is 11.8. The van der Waals surface area contributed by atoms with Gasteiger partial charge in [0.25, 0.3) is 0 Å². The molecule has 0 aliphatic rings. The summed E-state index contributed by atoms with van der Waals surface area (Å²) in [7, 11) is 0. The lowest BCUT2D eigenvalue weighted by atomic mass is 10.2. The van der Waals surface area contributed by atoms with E-state index in [2.05, 4.69) is 27.5 Å². The second-order valence-electron chi connectivity index (χ2n) is 4.25. The molecule has 0 radical (unpaired) electrons. The van der Waals surface area contributed by atoms with E-state index in [9.17, 15) is 4.79 Å². The largest absolute Gasteiger partial charge is 0.395 e. The van der Waals surface area contributed by atoms with E-state index < -0.39 is 0 Å². The van der Waals surface area contributed by atoms with Gasteiger partial charge >= 0.3 is 6.03 Å². The van der Waals surface area contributed by atoms with Crippen LogP contribution < -0.4 is 10.6 Å². The van der Waals surface area contributed by atoms with Crippen molar-refractivity contribution < 1.29 is 9.90 Å². The first-order chi connectivity index (χ1) is 10.2. The number of aromatic nitrogens is 1. The minimum absolute atomic E-state index is 0.0375. The van der Waals surface area contributed by atoms with E-state index in [0.717, 1.165) is 16.1 Å². The van der Waals surface area contributed by atoms with Crippen LogP contribution in [0.15, 0.2) is 30.5 Å². The van der Waals surface area contributed by atoms with Crippen molar-refractivity contribution in [1.82, 2.24) is 4.98 Å². The van der Waals surface area contributed by atoms with Crippen molar-refractivity contribution in [3.8, 4) is 11.8 Å². The number of nitrogens with zero attached hydrogens (tertiary/aromatic N) is 1. The molecule has 0 aliphatic heterocycles. The predicted molar refractivity (Wildman–Crippen MR) is 84.5 cm³/mol. The van der Waals surface area contributed by atoms with Crippen molar-refractivity contribution in [1.29, 1.82) is 0 Å². The summed E-state index contributed by atoms with van der Waals surface area (Å²) in [4.78, 5) is 16.7. The molecule has 1 aromatic heterocycles. The van der Waals surface area contributed by atoms with E-state index in [1.54, 1.807) is 6.20 Å². The molecule has 21 heavy (non-hydrogen) atoms. The van der Waals surface area contributed by atoms with Crippen LogP contribution in [-0.4, -0.2) is 22.7 Å². The molecule has 0 spiro atoms. The van der Waals surface area contributed by atoms with Crippen molar-refractivity contribution in [2.75, 3.05) is 17.2 Å². The Hall–Kier alpha value is -2.36. The molecule has 5 nitrogen and oxygen atoms in total. The fourth-order valence-electron chi connectivity index (χ4n) is 1.58. The number of hydrogen-bond donors (Lipinski definition) is 3. The second-order valence-corrected chi connectivity index (χ2v) is 5.28. The molecule has 0 aliphatic carbocycles. The van der Waals surface area contributed by atoms with Crippen molar-refractivity contribution in [3.05, 3.63) is 40.9 Å². The fourth-order valence-corrected chi connectivity index (χ4v) is 2.26. The summed E-state index contributed by atoms with van der Waals surface area (Å²) in [5, 5.41) is 14.5. The number of anilines is 2. The minimum Gasteiger partial charge on any atom is -0.395 e. The van der Waals surface area contributed by atoms with Gasteiger partial charge in [0.2, 0.25) is 0 Å². The average Bonchev–Trinajstić information content (AvgIpc) is 2.86. The number of aryl methyl sites for hydroxylation is 1. The molecular formula is C15H15N3O2S. The zero-order valence-electron chi connectivity index (χ0n) is 11.5. The first-order valence-electron chi connectivity index (χ1n) is 6.37. The van der Waals surface area contributed by atoms with Crippen LogP contribution in [0.2, 0.25) is 0 Å². The molecule has 2 aromatic rings. The fraction of sp³-hybridized carbons (Fsp3) is 0.200. The molecule has 2 amide bonds. The van der Waals surface area contributed by atoms with Gasteiger partial charge in [0, 0.05) is 12.1 Å². The van der Waals surface area contributed by atoms with Crippen molar-refractivity contribution in [2.24, 2.45) is 0 Å². The van der Waals surface area contributed by atoms with Gasteiger partial charge < -0.3 is 10.4 Å². The Kier molecular flexibility index (Phi) is 5.32. The van der Waals surface area contributed by atoms with Gasteiger partial charge in [-0.25, -0.2) is 9.78 Å². The van der Waals surface area contributed by atoms with Crippen LogP contribution in [0.1, 0.15) is 16.9 Å². The number of aliphatic hydroxyl groups excluding tert-OH is 1. The summed E-state index contributed by atoms with van der Waals surface area (Å²) in [5.74, 6) is 5.68. The molecule has 0 saturated heterocycles. The van der Waals surface area contributed by atoms with E-state index in [1.165, 1.54) is 11.3 Å². The molecule has 1 aromatic carbocycles. The normalized spacial score (nSPS) is 9.62. The Morgan fingerprint density at radius 3 is 3.05 bits per heavy atom. The molecule has 2 rings (SSSR count). The summed E-state index contributed by atoms with van der Waals surface area (Å²) in [6, 6.07) is 7.20. The van der Waals surface area contributed by atoms with Crippen LogP contribution in [0.5, 0.6) is 0 Å². The van der Waals surface area contributed by atoms with Crippen LogP contribution in [0, 0.1) is 18.8 Å². The highest BCUT2D eigenvalue weighted by atomic mass is 32.1. The summed E-state index contributed by atoms with van der Waals surface area (Å²) >= 11 is 1.29. The lowest BCUT2D eigenvalue weighted by Gasteiger charge is -2.05. The topological polar surface area (TPSA) is 74.2 Å². The quantitative estimate of drug-likeness (QED) is 0.763. The third kappa shape index (κ3) is 4.91. The van der Waals surface area contributed by atoms with E-state index in [1.807, 2.05) is 31.2 Å². The molecule has 6 heteroatoms. The monoisotopic (exact) mass is 301 g/mol. The number of nitrogens with one attached hydrogen (secondary N) is 2. The Morgan fingerprint density at radius 2 is 2.29 bits per heavy atom. The summed E-state index contributed by atoms with van der Waals surface area (Å²) in [5.41, 5.74) is 1.80.